The molecule has 1 heterocycles. The number of aryl methyl sites for hydroxylation is 1. The van der Waals surface area contributed by atoms with Crippen molar-refractivity contribution in [2.24, 2.45) is 0 Å². The van der Waals surface area contributed by atoms with Gasteiger partial charge in [-0.3, -0.25) is 9.59 Å². The number of nitrogens with zero attached hydrogens (tertiary/aromatic N) is 1. The SMILES string of the molecule is COc1ccc(NC(=O)c2cccc(C(=O)Nc3ccc(C)cc3)n2)cc1. The van der Waals surface area contributed by atoms with Crippen molar-refractivity contribution in [3.05, 3.63) is 83.7 Å². The Morgan fingerprint density at radius 1 is 0.778 bits per heavy atom. The van der Waals surface area contributed by atoms with Crippen LogP contribution in [0, 0.1) is 6.92 Å². The maximum atomic E-state index is 12.4. The molecular formula is C21H19N3O3. The van der Waals surface area contributed by atoms with Crippen molar-refractivity contribution in [1.82, 2.24) is 4.98 Å². The summed E-state index contributed by atoms with van der Waals surface area (Å²) in [5, 5.41) is 5.51. The van der Waals surface area contributed by atoms with Crippen LogP contribution in [0.1, 0.15) is 26.5 Å². The smallest absolute Gasteiger partial charge is 0.274 e. The van der Waals surface area contributed by atoms with E-state index in [1.165, 1.54) is 0 Å². The van der Waals surface area contributed by atoms with Crippen molar-refractivity contribution in [1.29, 1.82) is 0 Å². The quantitative estimate of drug-likeness (QED) is 0.722. The lowest BCUT2D eigenvalue weighted by Crippen LogP contribution is -2.18. The average molecular weight is 361 g/mol. The molecule has 0 spiro atoms. The number of ether oxygens (including phenoxy) is 1. The van der Waals surface area contributed by atoms with Gasteiger partial charge in [0.15, 0.2) is 0 Å². The monoisotopic (exact) mass is 361 g/mol. The van der Waals surface area contributed by atoms with E-state index in [0.717, 1.165) is 5.56 Å². The Hall–Kier alpha value is -3.67. The number of hydrogen-bond acceptors (Lipinski definition) is 4. The summed E-state index contributed by atoms with van der Waals surface area (Å²) in [5.41, 5.74) is 2.70. The van der Waals surface area contributed by atoms with E-state index in [1.807, 2.05) is 31.2 Å². The van der Waals surface area contributed by atoms with Crippen LogP contribution in [0.5, 0.6) is 5.75 Å². The lowest BCUT2D eigenvalue weighted by Gasteiger charge is -2.08. The molecule has 0 unspecified atom stereocenters. The van der Waals surface area contributed by atoms with Crippen molar-refractivity contribution in [2.75, 3.05) is 17.7 Å². The molecule has 2 aromatic carbocycles. The van der Waals surface area contributed by atoms with Crippen LogP contribution in [-0.2, 0) is 0 Å². The minimum Gasteiger partial charge on any atom is -0.497 e. The predicted molar refractivity (Wildman–Crippen MR) is 104 cm³/mol. The zero-order valence-corrected chi connectivity index (χ0v) is 15.0. The van der Waals surface area contributed by atoms with E-state index in [2.05, 4.69) is 15.6 Å². The van der Waals surface area contributed by atoms with Crippen molar-refractivity contribution in [3.63, 3.8) is 0 Å². The highest BCUT2D eigenvalue weighted by Crippen LogP contribution is 2.16. The van der Waals surface area contributed by atoms with Gasteiger partial charge in [0.2, 0.25) is 0 Å². The Kier molecular flexibility index (Phi) is 5.47. The van der Waals surface area contributed by atoms with Gasteiger partial charge < -0.3 is 15.4 Å². The zero-order chi connectivity index (χ0) is 19.2. The second-order valence-corrected chi connectivity index (χ2v) is 5.91. The van der Waals surface area contributed by atoms with Gasteiger partial charge in [-0.2, -0.15) is 0 Å². The van der Waals surface area contributed by atoms with E-state index >= 15 is 0 Å². The maximum absolute atomic E-state index is 12.4. The number of amides is 2. The maximum Gasteiger partial charge on any atom is 0.274 e. The number of anilines is 2. The first kappa shape index (κ1) is 18.1. The van der Waals surface area contributed by atoms with Gasteiger partial charge in [-0.15, -0.1) is 0 Å². The van der Waals surface area contributed by atoms with Gasteiger partial charge in [0.1, 0.15) is 17.1 Å². The molecule has 0 aliphatic heterocycles. The molecule has 6 nitrogen and oxygen atoms in total. The van der Waals surface area contributed by atoms with Crippen LogP contribution < -0.4 is 15.4 Å². The molecule has 2 N–H and O–H groups in total. The number of carbonyl (C=O) groups excluding carboxylic acids is 2. The lowest BCUT2D eigenvalue weighted by molar-refractivity contribution is 0.101. The van der Waals surface area contributed by atoms with Gasteiger partial charge in [0.25, 0.3) is 11.8 Å². The molecule has 3 aromatic rings. The van der Waals surface area contributed by atoms with Crippen LogP contribution in [0.25, 0.3) is 0 Å². The van der Waals surface area contributed by atoms with Crippen LogP contribution in [0.4, 0.5) is 11.4 Å². The molecule has 0 aliphatic rings. The molecule has 0 saturated carbocycles. The third-order valence-corrected chi connectivity index (χ3v) is 3.87. The van der Waals surface area contributed by atoms with E-state index < -0.39 is 5.91 Å². The van der Waals surface area contributed by atoms with Crippen molar-refractivity contribution in [2.45, 2.75) is 6.92 Å². The summed E-state index contributed by atoms with van der Waals surface area (Å²) in [5.74, 6) is -0.0796. The first-order chi connectivity index (χ1) is 13.0. The Labute approximate surface area is 157 Å². The number of benzene rings is 2. The number of methoxy groups -OCH3 is 1. The number of carbonyl (C=O) groups is 2. The summed E-state index contributed by atoms with van der Waals surface area (Å²) in [7, 11) is 1.57. The highest BCUT2D eigenvalue weighted by molar-refractivity contribution is 6.06. The molecule has 0 fully saturated rings. The molecule has 1 aromatic heterocycles. The molecule has 6 heteroatoms. The van der Waals surface area contributed by atoms with Crippen LogP contribution in [0.3, 0.4) is 0 Å². The van der Waals surface area contributed by atoms with Gasteiger partial charge in [-0.25, -0.2) is 4.98 Å². The van der Waals surface area contributed by atoms with Crippen LogP contribution in [-0.4, -0.2) is 23.9 Å². The standard InChI is InChI=1S/C21H19N3O3/c1-14-6-8-15(9-7-14)22-20(25)18-4-3-5-19(24-18)21(26)23-16-10-12-17(27-2)13-11-16/h3-13H,1-2H3,(H,22,25)(H,23,26). The summed E-state index contributed by atoms with van der Waals surface area (Å²) < 4.78 is 5.09. The van der Waals surface area contributed by atoms with Gasteiger partial charge in [0.05, 0.1) is 7.11 Å². The average Bonchev–Trinajstić information content (AvgIpc) is 2.70. The zero-order valence-electron chi connectivity index (χ0n) is 15.0. The van der Waals surface area contributed by atoms with Crippen molar-refractivity contribution in [3.8, 4) is 5.75 Å². The molecule has 2 amide bonds. The summed E-state index contributed by atoms with van der Waals surface area (Å²) in [4.78, 5) is 29.0. The van der Waals surface area contributed by atoms with E-state index in [-0.39, 0.29) is 17.3 Å². The summed E-state index contributed by atoms with van der Waals surface area (Å²) in [6.45, 7) is 1.97. The molecule has 27 heavy (non-hydrogen) atoms. The highest BCUT2D eigenvalue weighted by Gasteiger charge is 2.13. The Morgan fingerprint density at radius 3 is 1.74 bits per heavy atom. The number of rotatable bonds is 5. The van der Waals surface area contributed by atoms with Gasteiger partial charge in [0, 0.05) is 11.4 Å². The molecule has 0 bridgehead atoms. The molecule has 0 saturated heterocycles. The fraction of sp³-hybridized carbons (Fsp3) is 0.0952. The van der Waals surface area contributed by atoms with Gasteiger partial charge in [-0.1, -0.05) is 23.8 Å². The van der Waals surface area contributed by atoms with E-state index in [4.69, 9.17) is 4.74 Å². The molecule has 3 rings (SSSR count). The van der Waals surface area contributed by atoms with Crippen LogP contribution in [0.2, 0.25) is 0 Å². The number of nitrogens with one attached hydrogen (secondary N) is 2. The molecule has 0 aliphatic carbocycles. The fourth-order valence-corrected chi connectivity index (χ4v) is 2.39. The first-order valence-corrected chi connectivity index (χ1v) is 8.35. The van der Waals surface area contributed by atoms with E-state index in [1.54, 1.807) is 49.6 Å². The second kappa shape index (κ2) is 8.14. The molecule has 0 atom stereocenters. The first-order valence-electron chi connectivity index (χ1n) is 8.35. The third-order valence-electron chi connectivity index (χ3n) is 3.87. The fourth-order valence-electron chi connectivity index (χ4n) is 2.39. The van der Waals surface area contributed by atoms with Crippen molar-refractivity contribution >= 4 is 23.2 Å². The number of aromatic nitrogens is 1. The normalized spacial score (nSPS) is 10.1. The van der Waals surface area contributed by atoms with Gasteiger partial charge in [-0.05, 0) is 55.5 Å². The Morgan fingerprint density at radius 2 is 1.26 bits per heavy atom. The highest BCUT2D eigenvalue weighted by atomic mass is 16.5. The third kappa shape index (κ3) is 4.70. The van der Waals surface area contributed by atoms with E-state index in [9.17, 15) is 9.59 Å². The topological polar surface area (TPSA) is 80.3 Å². The summed E-state index contributed by atoms with van der Waals surface area (Å²) in [6.07, 6.45) is 0. The second-order valence-electron chi connectivity index (χ2n) is 5.91. The summed E-state index contributed by atoms with van der Waals surface area (Å²) >= 11 is 0. The Balaban J connectivity index is 1.70. The molecule has 136 valence electrons. The molecule has 0 radical (unpaired) electrons. The minimum atomic E-state index is -0.398. The molecular weight excluding hydrogens is 342 g/mol. The number of pyridine rings is 1. The van der Waals surface area contributed by atoms with Crippen molar-refractivity contribution < 1.29 is 14.3 Å². The van der Waals surface area contributed by atoms with Crippen LogP contribution >= 0.6 is 0 Å². The number of hydrogen-bond donors (Lipinski definition) is 2. The summed E-state index contributed by atoms with van der Waals surface area (Å²) in [6, 6.07) is 19.1. The van der Waals surface area contributed by atoms with E-state index in [0.29, 0.717) is 17.1 Å². The lowest BCUT2D eigenvalue weighted by atomic mass is 10.2. The minimum absolute atomic E-state index is 0.155. The largest absolute Gasteiger partial charge is 0.497 e. The Bertz CT molecular complexity index is 951. The van der Waals surface area contributed by atoms with Gasteiger partial charge >= 0.3 is 0 Å². The van der Waals surface area contributed by atoms with Crippen LogP contribution in [0.15, 0.2) is 66.7 Å². The predicted octanol–water partition coefficient (Wildman–Crippen LogP) is 3.90.